The molecule has 0 spiro atoms. The first-order valence-electron chi connectivity index (χ1n) is 4.64. The zero-order valence-corrected chi connectivity index (χ0v) is 9.07. The lowest BCUT2D eigenvalue weighted by Crippen LogP contribution is -2.36. The van der Waals surface area contributed by atoms with Gasteiger partial charge in [0.15, 0.2) is 0 Å². The Bertz CT molecular complexity index is 219. The third-order valence-corrected chi connectivity index (χ3v) is 1.50. The summed E-state index contributed by atoms with van der Waals surface area (Å²) >= 11 is 0. The van der Waals surface area contributed by atoms with Gasteiger partial charge in [-0.15, -0.1) is 0 Å². The summed E-state index contributed by atoms with van der Waals surface area (Å²) in [5, 5.41) is 10.5. The van der Waals surface area contributed by atoms with Gasteiger partial charge >= 0.3 is 12.0 Å². The Morgan fingerprint density at radius 2 is 2.00 bits per heavy atom. The van der Waals surface area contributed by atoms with Crippen LogP contribution >= 0.6 is 0 Å². The number of esters is 1. The van der Waals surface area contributed by atoms with Crippen LogP contribution in [0.15, 0.2) is 0 Å². The van der Waals surface area contributed by atoms with Gasteiger partial charge in [-0.05, 0) is 27.2 Å². The van der Waals surface area contributed by atoms with Crippen LogP contribution in [-0.2, 0) is 9.53 Å². The van der Waals surface area contributed by atoms with Crippen molar-refractivity contribution in [2.24, 2.45) is 0 Å². The summed E-state index contributed by atoms with van der Waals surface area (Å²) < 4.78 is 4.93. The maximum absolute atomic E-state index is 11.3. The third kappa shape index (κ3) is 4.79. The van der Waals surface area contributed by atoms with E-state index in [0.29, 0.717) is 6.42 Å². The van der Waals surface area contributed by atoms with E-state index in [-0.39, 0.29) is 6.42 Å². The van der Waals surface area contributed by atoms with Gasteiger partial charge in [0.05, 0.1) is 0 Å². The molecule has 5 nitrogen and oxygen atoms in total. The van der Waals surface area contributed by atoms with Crippen LogP contribution in [0, 0.1) is 10.1 Å². The van der Waals surface area contributed by atoms with Crippen LogP contribution in [0.5, 0.6) is 0 Å². The van der Waals surface area contributed by atoms with Gasteiger partial charge < -0.3 is 4.74 Å². The van der Waals surface area contributed by atoms with Gasteiger partial charge in [0.2, 0.25) is 0 Å². The van der Waals surface area contributed by atoms with E-state index >= 15 is 0 Å². The second-order valence-corrected chi connectivity index (χ2v) is 4.12. The van der Waals surface area contributed by atoms with Crippen LogP contribution in [-0.4, -0.2) is 22.5 Å². The Morgan fingerprint density at radius 1 is 1.50 bits per heavy atom. The second-order valence-electron chi connectivity index (χ2n) is 4.12. The van der Waals surface area contributed by atoms with E-state index < -0.39 is 22.5 Å². The van der Waals surface area contributed by atoms with E-state index in [4.69, 9.17) is 4.74 Å². The van der Waals surface area contributed by atoms with E-state index in [2.05, 4.69) is 0 Å². The molecule has 5 heteroatoms. The summed E-state index contributed by atoms with van der Waals surface area (Å²) in [6.07, 6.45) is 0.812. The summed E-state index contributed by atoms with van der Waals surface area (Å²) in [7, 11) is 0. The smallest absolute Gasteiger partial charge is 0.382 e. The highest BCUT2D eigenvalue weighted by Crippen LogP contribution is 2.12. The van der Waals surface area contributed by atoms with Crippen molar-refractivity contribution < 1.29 is 14.5 Å². The van der Waals surface area contributed by atoms with Crippen LogP contribution in [0.3, 0.4) is 0 Å². The molecule has 0 saturated heterocycles. The molecule has 0 heterocycles. The number of carbonyl (C=O) groups excluding carboxylic acids is 1. The fourth-order valence-electron chi connectivity index (χ4n) is 0.953. The zero-order chi connectivity index (χ0) is 11.4. The van der Waals surface area contributed by atoms with Crippen LogP contribution in [0.25, 0.3) is 0 Å². The van der Waals surface area contributed by atoms with Gasteiger partial charge in [0.1, 0.15) is 5.60 Å². The molecule has 0 N–H and O–H groups in total. The molecule has 14 heavy (non-hydrogen) atoms. The third-order valence-electron chi connectivity index (χ3n) is 1.50. The molecule has 0 rings (SSSR count). The molecule has 0 aliphatic rings. The SMILES string of the molecule is CCCC(C(=O)OC(C)(C)C)[N+](=O)[O-]. The lowest BCUT2D eigenvalue weighted by Gasteiger charge is -2.20. The van der Waals surface area contributed by atoms with Crippen molar-refractivity contribution in [3.05, 3.63) is 10.1 Å². The monoisotopic (exact) mass is 203 g/mol. The highest BCUT2D eigenvalue weighted by atomic mass is 16.6. The molecule has 0 aromatic rings. The molecule has 0 bridgehead atoms. The molecule has 0 saturated carbocycles. The molecule has 0 aliphatic carbocycles. The van der Waals surface area contributed by atoms with Crippen molar-refractivity contribution in [2.45, 2.75) is 52.2 Å². The van der Waals surface area contributed by atoms with Crippen molar-refractivity contribution in [3.8, 4) is 0 Å². The maximum Gasteiger partial charge on any atom is 0.382 e. The quantitative estimate of drug-likeness (QED) is 0.396. The molecule has 82 valence electrons. The predicted octanol–water partition coefficient (Wildman–Crippen LogP) is 1.77. The molecule has 0 radical (unpaired) electrons. The number of nitro groups is 1. The van der Waals surface area contributed by atoms with Gasteiger partial charge in [-0.3, -0.25) is 10.1 Å². The van der Waals surface area contributed by atoms with Gasteiger partial charge in [-0.2, -0.15) is 0 Å². The van der Waals surface area contributed by atoms with E-state index in [0.717, 1.165) is 0 Å². The minimum absolute atomic E-state index is 0.224. The Kier molecular flexibility index (Phi) is 4.53. The van der Waals surface area contributed by atoms with Crippen LogP contribution < -0.4 is 0 Å². The molecule has 0 aromatic heterocycles. The van der Waals surface area contributed by atoms with E-state index in [9.17, 15) is 14.9 Å². The van der Waals surface area contributed by atoms with E-state index in [1.165, 1.54) is 0 Å². The van der Waals surface area contributed by atoms with Crippen LogP contribution in [0.2, 0.25) is 0 Å². The number of rotatable bonds is 4. The van der Waals surface area contributed by atoms with Crippen LogP contribution in [0.4, 0.5) is 0 Å². The summed E-state index contributed by atoms with van der Waals surface area (Å²) in [5.74, 6) is -0.746. The molecule has 1 atom stereocenters. The molecular formula is C9H17NO4. The van der Waals surface area contributed by atoms with Gasteiger partial charge in [0, 0.05) is 11.3 Å². The largest absolute Gasteiger partial charge is 0.455 e. The van der Waals surface area contributed by atoms with Crippen LogP contribution in [0.1, 0.15) is 40.5 Å². The average molecular weight is 203 g/mol. The fourth-order valence-corrected chi connectivity index (χ4v) is 0.953. The lowest BCUT2D eigenvalue weighted by atomic mass is 10.1. The summed E-state index contributed by atoms with van der Waals surface area (Å²) in [6.45, 7) is 6.86. The first-order valence-corrected chi connectivity index (χ1v) is 4.64. The Morgan fingerprint density at radius 3 is 2.29 bits per heavy atom. The average Bonchev–Trinajstić information content (AvgIpc) is 1.95. The number of carbonyl (C=O) groups is 1. The molecule has 0 amide bonds. The van der Waals surface area contributed by atoms with E-state index in [1.54, 1.807) is 27.7 Å². The molecular weight excluding hydrogens is 186 g/mol. The molecule has 0 aliphatic heterocycles. The van der Waals surface area contributed by atoms with Gasteiger partial charge in [-0.25, -0.2) is 4.79 Å². The van der Waals surface area contributed by atoms with Gasteiger partial charge in [-0.1, -0.05) is 6.92 Å². The highest BCUT2D eigenvalue weighted by molar-refractivity contribution is 5.74. The standard InChI is InChI=1S/C9H17NO4/c1-5-6-7(10(12)13)8(11)14-9(2,3)4/h7H,5-6H2,1-4H3. The number of ether oxygens (including phenoxy) is 1. The zero-order valence-electron chi connectivity index (χ0n) is 9.07. The van der Waals surface area contributed by atoms with Crippen molar-refractivity contribution >= 4 is 5.97 Å². The summed E-state index contributed by atoms with van der Waals surface area (Å²) in [6, 6.07) is -1.22. The minimum Gasteiger partial charge on any atom is -0.455 e. The number of hydrogen-bond acceptors (Lipinski definition) is 4. The highest BCUT2D eigenvalue weighted by Gasteiger charge is 2.33. The first-order chi connectivity index (χ1) is 6.28. The van der Waals surface area contributed by atoms with Crippen molar-refractivity contribution in [3.63, 3.8) is 0 Å². The second kappa shape index (κ2) is 4.93. The predicted molar refractivity (Wildman–Crippen MR) is 51.5 cm³/mol. The first kappa shape index (κ1) is 12.9. The molecule has 0 aromatic carbocycles. The maximum atomic E-state index is 11.3. The number of hydrogen-bond donors (Lipinski definition) is 0. The molecule has 1 unspecified atom stereocenters. The summed E-state index contributed by atoms with van der Waals surface area (Å²) in [5.41, 5.74) is -0.668. The van der Waals surface area contributed by atoms with Gasteiger partial charge in [0.25, 0.3) is 0 Å². The lowest BCUT2D eigenvalue weighted by molar-refractivity contribution is -0.512. The van der Waals surface area contributed by atoms with Crippen molar-refractivity contribution in [2.75, 3.05) is 0 Å². The minimum atomic E-state index is -1.22. The Balaban J connectivity index is 4.38. The normalized spacial score (nSPS) is 13.4. The fraction of sp³-hybridized carbons (Fsp3) is 0.889. The summed E-state index contributed by atoms with van der Waals surface area (Å²) in [4.78, 5) is 21.3. The number of nitrogens with zero attached hydrogens (tertiary/aromatic N) is 1. The van der Waals surface area contributed by atoms with E-state index in [1.807, 2.05) is 0 Å². The topological polar surface area (TPSA) is 69.4 Å². The Labute approximate surface area is 83.6 Å². The van der Waals surface area contributed by atoms with Crippen molar-refractivity contribution in [1.82, 2.24) is 0 Å². The molecule has 0 fully saturated rings. The van der Waals surface area contributed by atoms with Crippen molar-refractivity contribution in [1.29, 1.82) is 0 Å². The Hall–Kier alpha value is -1.13.